The molecule has 0 aliphatic rings. The molecule has 1 aromatic rings. The van der Waals surface area contributed by atoms with E-state index in [2.05, 4.69) is 0 Å². The summed E-state index contributed by atoms with van der Waals surface area (Å²) in [5.41, 5.74) is 6.25. The Bertz CT molecular complexity index is 495. The SMILES string of the molecule is Cc1ccc(C(=O)N(C)C(C)(C)C(=O)O)cc1N. The van der Waals surface area contributed by atoms with Gasteiger partial charge in [-0.25, -0.2) is 4.79 Å². The summed E-state index contributed by atoms with van der Waals surface area (Å²) in [6.45, 7) is 4.80. The Kier molecular flexibility index (Phi) is 3.65. The van der Waals surface area contributed by atoms with Gasteiger partial charge in [0.2, 0.25) is 0 Å². The summed E-state index contributed by atoms with van der Waals surface area (Å²) >= 11 is 0. The number of nitrogens with zero attached hydrogens (tertiary/aromatic N) is 1. The predicted octanol–water partition coefficient (Wildman–Crippen LogP) is 1.51. The lowest BCUT2D eigenvalue weighted by molar-refractivity contribution is -0.147. The first-order valence-electron chi connectivity index (χ1n) is 5.55. The number of hydrogen-bond acceptors (Lipinski definition) is 3. The zero-order valence-corrected chi connectivity index (χ0v) is 11.0. The van der Waals surface area contributed by atoms with E-state index in [1.165, 1.54) is 25.8 Å². The largest absolute Gasteiger partial charge is 0.480 e. The number of anilines is 1. The highest BCUT2D eigenvalue weighted by molar-refractivity contribution is 5.98. The molecule has 0 fully saturated rings. The number of nitrogens with two attached hydrogens (primary N) is 1. The fourth-order valence-corrected chi connectivity index (χ4v) is 1.36. The monoisotopic (exact) mass is 250 g/mol. The third kappa shape index (κ3) is 2.45. The van der Waals surface area contributed by atoms with Crippen LogP contribution in [0.25, 0.3) is 0 Å². The summed E-state index contributed by atoms with van der Waals surface area (Å²) < 4.78 is 0. The molecule has 5 heteroatoms. The number of benzene rings is 1. The number of hydrogen-bond donors (Lipinski definition) is 2. The van der Waals surface area contributed by atoms with Crippen LogP contribution in [0.15, 0.2) is 18.2 Å². The van der Waals surface area contributed by atoms with Crippen LogP contribution < -0.4 is 5.73 Å². The van der Waals surface area contributed by atoms with Gasteiger partial charge in [-0.3, -0.25) is 4.79 Å². The number of aryl methyl sites for hydroxylation is 1. The lowest BCUT2D eigenvalue weighted by Crippen LogP contribution is -2.50. The minimum Gasteiger partial charge on any atom is -0.480 e. The Morgan fingerprint density at radius 2 is 1.89 bits per heavy atom. The molecule has 18 heavy (non-hydrogen) atoms. The summed E-state index contributed by atoms with van der Waals surface area (Å²) in [5.74, 6) is -1.42. The topological polar surface area (TPSA) is 83.6 Å². The first-order chi connectivity index (χ1) is 8.17. The zero-order chi connectivity index (χ0) is 14.1. The van der Waals surface area contributed by atoms with Crippen LogP contribution in [0, 0.1) is 6.92 Å². The average Bonchev–Trinajstić information content (AvgIpc) is 2.30. The molecule has 0 saturated carbocycles. The van der Waals surface area contributed by atoms with Crippen molar-refractivity contribution in [3.8, 4) is 0 Å². The van der Waals surface area contributed by atoms with Crippen molar-refractivity contribution in [3.63, 3.8) is 0 Å². The Morgan fingerprint density at radius 3 is 2.33 bits per heavy atom. The van der Waals surface area contributed by atoms with Gasteiger partial charge in [-0.2, -0.15) is 0 Å². The normalized spacial score (nSPS) is 11.1. The molecule has 0 spiro atoms. The second-order valence-corrected chi connectivity index (χ2v) is 4.80. The first-order valence-corrected chi connectivity index (χ1v) is 5.55. The number of carboxylic acid groups (broad SMARTS) is 1. The van der Waals surface area contributed by atoms with Gasteiger partial charge < -0.3 is 15.7 Å². The molecule has 0 unspecified atom stereocenters. The van der Waals surface area contributed by atoms with E-state index in [9.17, 15) is 9.59 Å². The van der Waals surface area contributed by atoms with Crippen LogP contribution in [0.3, 0.4) is 0 Å². The molecule has 1 aromatic carbocycles. The van der Waals surface area contributed by atoms with Crippen molar-refractivity contribution in [3.05, 3.63) is 29.3 Å². The highest BCUT2D eigenvalue weighted by Crippen LogP contribution is 2.19. The van der Waals surface area contributed by atoms with Crippen molar-refractivity contribution in [2.24, 2.45) is 0 Å². The minimum atomic E-state index is -1.27. The molecule has 0 radical (unpaired) electrons. The molecule has 0 aromatic heterocycles. The summed E-state index contributed by atoms with van der Waals surface area (Å²) in [7, 11) is 1.46. The van der Waals surface area contributed by atoms with E-state index in [4.69, 9.17) is 10.8 Å². The van der Waals surface area contributed by atoms with Crippen LogP contribution in [0.1, 0.15) is 29.8 Å². The van der Waals surface area contributed by atoms with Gasteiger partial charge in [0.1, 0.15) is 5.54 Å². The van der Waals surface area contributed by atoms with Gasteiger partial charge in [-0.15, -0.1) is 0 Å². The number of carbonyl (C=O) groups is 2. The van der Waals surface area contributed by atoms with E-state index in [1.807, 2.05) is 6.92 Å². The van der Waals surface area contributed by atoms with E-state index >= 15 is 0 Å². The molecule has 0 saturated heterocycles. The van der Waals surface area contributed by atoms with Gasteiger partial charge in [-0.05, 0) is 38.5 Å². The first kappa shape index (κ1) is 14.0. The number of amides is 1. The van der Waals surface area contributed by atoms with Gasteiger partial charge in [-0.1, -0.05) is 6.07 Å². The van der Waals surface area contributed by atoms with Crippen molar-refractivity contribution >= 4 is 17.6 Å². The molecule has 1 amide bonds. The Hall–Kier alpha value is -2.04. The number of nitrogen functional groups attached to an aromatic ring is 1. The maximum atomic E-state index is 12.2. The van der Waals surface area contributed by atoms with E-state index in [-0.39, 0.29) is 5.91 Å². The molecule has 0 heterocycles. The van der Waals surface area contributed by atoms with Crippen molar-refractivity contribution in [1.82, 2.24) is 4.90 Å². The molecule has 0 aliphatic heterocycles. The van der Waals surface area contributed by atoms with Gasteiger partial charge in [0.25, 0.3) is 5.91 Å². The number of carbonyl (C=O) groups excluding carboxylic acids is 1. The van der Waals surface area contributed by atoms with Crippen LogP contribution in [0.4, 0.5) is 5.69 Å². The minimum absolute atomic E-state index is 0.367. The third-order valence-electron chi connectivity index (χ3n) is 3.19. The van der Waals surface area contributed by atoms with Gasteiger partial charge >= 0.3 is 5.97 Å². The van der Waals surface area contributed by atoms with Gasteiger partial charge in [0, 0.05) is 18.3 Å². The van der Waals surface area contributed by atoms with Crippen molar-refractivity contribution < 1.29 is 14.7 Å². The predicted molar refractivity (Wildman–Crippen MR) is 69.4 cm³/mol. The van der Waals surface area contributed by atoms with Crippen LogP contribution in [0.2, 0.25) is 0 Å². The summed E-state index contributed by atoms with van der Waals surface area (Å²) in [5, 5.41) is 9.09. The quantitative estimate of drug-likeness (QED) is 0.796. The molecular weight excluding hydrogens is 232 g/mol. The van der Waals surface area contributed by atoms with Crippen LogP contribution >= 0.6 is 0 Å². The summed E-state index contributed by atoms with van der Waals surface area (Å²) in [6, 6.07) is 4.94. The van der Waals surface area contributed by atoms with E-state index in [0.29, 0.717) is 11.3 Å². The molecule has 3 N–H and O–H groups in total. The van der Waals surface area contributed by atoms with Crippen LogP contribution in [-0.4, -0.2) is 34.5 Å². The average molecular weight is 250 g/mol. The van der Waals surface area contributed by atoms with Gasteiger partial charge in [0.15, 0.2) is 0 Å². The maximum absolute atomic E-state index is 12.2. The maximum Gasteiger partial charge on any atom is 0.329 e. The molecule has 0 aliphatic carbocycles. The number of carboxylic acids is 1. The lowest BCUT2D eigenvalue weighted by Gasteiger charge is -2.31. The standard InChI is InChI=1S/C13H18N2O3/c1-8-5-6-9(7-10(8)14)11(16)15(4)13(2,3)12(17)18/h5-7H,14H2,1-4H3,(H,17,18). The highest BCUT2D eigenvalue weighted by atomic mass is 16.4. The second kappa shape index (κ2) is 4.68. The highest BCUT2D eigenvalue weighted by Gasteiger charge is 2.35. The smallest absolute Gasteiger partial charge is 0.329 e. The van der Waals surface area contributed by atoms with Crippen molar-refractivity contribution in [2.45, 2.75) is 26.3 Å². The van der Waals surface area contributed by atoms with Gasteiger partial charge in [0.05, 0.1) is 0 Å². The summed E-state index contributed by atoms with van der Waals surface area (Å²) in [4.78, 5) is 24.5. The Morgan fingerprint density at radius 1 is 1.33 bits per heavy atom. The fraction of sp³-hybridized carbons (Fsp3) is 0.385. The molecular formula is C13H18N2O3. The molecule has 5 nitrogen and oxygen atoms in total. The second-order valence-electron chi connectivity index (χ2n) is 4.80. The molecule has 98 valence electrons. The van der Waals surface area contributed by atoms with Crippen LogP contribution in [0.5, 0.6) is 0 Å². The summed E-state index contributed by atoms with van der Waals surface area (Å²) in [6.07, 6.45) is 0. The number of aliphatic carboxylic acids is 1. The molecule has 0 atom stereocenters. The van der Waals surface area contributed by atoms with Crippen molar-refractivity contribution in [2.75, 3.05) is 12.8 Å². The number of rotatable bonds is 3. The lowest BCUT2D eigenvalue weighted by atomic mass is 10.0. The van der Waals surface area contributed by atoms with E-state index in [1.54, 1.807) is 18.2 Å². The zero-order valence-electron chi connectivity index (χ0n) is 11.0. The molecule has 1 rings (SSSR count). The molecule has 0 bridgehead atoms. The van der Waals surface area contributed by atoms with E-state index in [0.717, 1.165) is 5.56 Å². The Balaban J connectivity index is 3.07. The van der Waals surface area contributed by atoms with Crippen molar-refractivity contribution in [1.29, 1.82) is 0 Å². The van der Waals surface area contributed by atoms with E-state index < -0.39 is 11.5 Å². The Labute approximate surface area is 106 Å². The fourth-order valence-electron chi connectivity index (χ4n) is 1.36. The number of likely N-dealkylation sites (N-methyl/N-ethyl adjacent to an activating group) is 1. The third-order valence-corrected chi connectivity index (χ3v) is 3.19. The van der Waals surface area contributed by atoms with Crippen LogP contribution in [-0.2, 0) is 4.79 Å².